The second-order valence-electron chi connectivity index (χ2n) is 4.53. The summed E-state index contributed by atoms with van der Waals surface area (Å²) in [5.41, 5.74) is 8.46. The summed E-state index contributed by atoms with van der Waals surface area (Å²) in [5.74, 6) is 1.69. The fourth-order valence-corrected chi connectivity index (χ4v) is 2.49. The molecule has 0 aliphatic rings. The predicted octanol–water partition coefficient (Wildman–Crippen LogP) is 2.14. The molecule has 20 heavy (non-hydrogen) atoms. The maximum atomic E-state index is 5.82. The van der Waals surface area contributed by atoms with E-state index in [1.54, 1.807) is 11.8 Å². The summed E-state index contributed by atoms with van der Waals surface area (Å²) < 4.78 is 6.95. The average molecular weight is 290 g/mol. The van der Waals surface area contributed by atoms with Crippen molar-refractivity contribution in [2.45, 2.75) is 6.92 Å². The van der Waals surface area contributed by atoms with Crippen molar-refractivity contribution in [1.29, 1.82) is 0 Å². The predicted molar refractivity (Wildman–Crippen MR) is 84.9 cm³/mol. The standard InChI is InChI=1S/C14H18N4OS/c1-9-12(13(15)20)14(18(3)16-9)17(2)10-5-7-11(19-4)8-6-10/h5-8H,1-4H3,(H2,15,20). The van der Waals surface area contributed by atoms with Crippen LogP contribution in [0.1, 0.15) is 11.3 Å². The van der Waals surface area contributed by atoms with Gasteiger partial charge in [0.25, 0.3) is 0 Å². The summed E-state index contributed by atoms with van der Waals surface area (Å²) in [6.07, 6.45) is 0. The molecule has 2 aromatic rings. The number of aryl methyl sites for hydroxylation is 2. The molecule has 0 atom stereocenters. The number of hydrogen-bond donors (Lipinski definition) is 1. The topological polar surface area (TPSA) is 56.3 Å². The van der Waals surface area contributed by atoms with Crippen LogP contribution < -0.4 is 15.4 Å². The summed E-state index contributed by atoms with van der Waals surface area (Å²) in [6, 6.07) is 7.78. The first kappa shape index (κ1) is 14.3. The van der Waals surface area contributed by atoms with E-state index in [2.05, 4.69) is 5.10 Å². The van der Waals surface area contributed by atoms with E-state index >= 15 is 0 Å². The average Bonchev–Trinajstić information content (AvgIpc) is 2.72. The highest BCUT2D eigenvalue weighted by atomic mass is 32.1. The first-order valence-electron chi connectivity index (χ1n) is 6.17. The third kappa shape index (κ3) is 2.46. The summed E-state index contributed by atoms with van der Waals surface area (Å²) in [7, 11) is 5.48. The van der Waals surface area contributed by atoms with Crippen molar-refractivity contribution in [3.8, 4) is 5.75 Å². The molecule has 106 valence electrons. The molecule has 2 N–H and O–H groups in total. The van der Waals surface area contributed by atoms with Gasteiger partial charge in [0, 0.05) is 19.8 Å². The summed E-state index contributed by atoms with van der Waals surface area (Å²) in [4.78, 5) is 2.36. The van der Waals surface area contributed by atoms with Crippen molar-refractivity contribution < 1.29 is 4.74 Å². The van der Waals surface area contributed by atoms with Crippen molar-refractivity contribution in [3.05, 3.63) is 35.5 Å². The lowest BCUT2D eigenvalue weighted by atomic mass is 10.2. The fraction of sp³-hybridized carbons (Fsp3) is 0.286. The third-order valence-electron chi connectivity index (χ3n) is 3.22. The van der Waals surface area contributed by atoms with Crippen LogP contribution in [0.3, 0.4) is 0 Å². The molecule has 0 spiro atoms. The maximum Gasteiger partial charge on any atom is 0.141 e. The van der Waals surface area contributed by atoms with Crippen LogP contribution >= 0.6 is 12.2 Å². The number of nitrogens with zero attached hydrogens (tertiary/aromatic N) is 3. The van der Waals surface area contributed by atoms with Crippen LogP contribution in [0.5, 0.6) is 5.75 Å². The molecule has 2 rings (SSSR count). The van der Waals surface area contributed by atoms with E-state index in [1.807, 2.05) is 50.2 Å². The molecule has 5 nitrogen and oxygen atoms in total. The zero-order valence-electron chi connectivity index (χ0n) is 12.0. The van der Waals surface area contributed by atoms with E-state index in [9.17, 15) is 0 Å². The van der Waals surface area contributed by atoms with Gasteiger partial charge in [0.15, 0.2) is 0 Å². The number of nitrogens with two attached hydrogens (primary N) is 1. The lowest BCUT2D eigenvalue weighted by Crippen LogP contribution is -2.19. The second-order valence-corrected chi connectivity index (χ2v) is 4.97. The normalized spacial score (nSPS) is 10.4. The van der Waals surface area contributed by atoms with Crippen molar-refractivity contribution in [2.24, 2.45) is 12.8 Å². The van der Waals surface area contributed by atoms with Crippen molar-refractivity contribution in [3.63, 3.8) is 0 Å². The highest BCUT2D eigenvalue weighted by Crippen LogP contribution is 2.29. The quantitative estimate of drug-likeness (QED) is 0.874. The summed E-state index contributed by atoms with van der Waals surface area (Å²) in [5, 5.41) is 4.40. The van der Waals surface area contributed by atoms with Crippen LogP contribution in [0, 0.1) is 6.92 Å². The minimum absolute atomic E-state index is 0.353. The molecular weight excluding hydrogens is 272 g/mol. The van der Waals surface area contributed by atoms with Crippen LogP contribution in [0.2, 0.25) is 0 Å². The molecule has 0 amide bonds. The van der Waals surface area contributed by atoms with E-state index in [0.717, 1.165) is 28.5 Å². The zero-order valence-corrected chi connectivity index (χ0v) is 12.9. The van der Waals surface area contributed by atoms with Crippen LogP contribution in [-0.4, -0.2) is 28.9 Å². The molecule has 6 heteroatoms. The zero-order chi connectivity index (χ0) is 14.9. The Balaban J connectivity index is 2.47. The van der Waals surface area contributed by atoms with Gasteiger partial charge in [0.2, 0.25) is 0 Å². The molecule has 0 radical (unpaired) electrons. The van der Waals surface area contributed by atoms with E-state index in [-0.39, 0.29) is 0 Å². The molecule has 0 saturated carbocycles. The van der Waals surface area contributed by atoms with Crippen molar-refractivity contribution in [1.82, 2.24) is 9.78 Å². The Bertz CT molecular complexity index is 633. The van der Waals surface area contributed by atoms with Gasteiger partial charge in [-0.1, -0.05) is 12.2 Å². The molecular formula is C14H18N4OS. The molecule has 0 unspecified atom stereocenters. The minimum Gasteiger partial charge on any atom is -0.497 e. The number of benzene rings is 1. The van der Waals surface area contributed by atoms with Gasteiger partial charge >= 0.3 is 0 Å². The van der Waals surface area contributed by atoms with E-state index in [4.69, 9.17) is 22.7 Å². The van der Waals surface area contributed by atoms with Crippen molar-refractivity contribution in [2.75, 3.05) is 19.1 Å². The van der Waals surface area contributed by atoms with Crippen molar-refractivity contribution >= 4 is 28.7 Å². The lowest BCUT2D eigenvalue weighted by molar-refractivity contribution is 0.415. The van der Waals surface area contributed by atoms with Gasteiger partial charge in [0.05, 0.1) is 18.4 Å². The fourth-order valence-electron chi connectivity index (χ4n) is 2.25. The van der Waals surface area contributed by atoms with Gasteiger partial charge in [-0.3, -0.25) is 4.68 Å². The molecule has 1 aromatic heterocycles. The van der Waals surface area contributed by atoms with E-state index in [1.165, 1.54) is 0 Å². The number of ether oxygens (including phenoxy) is 1. The largest absolute Gasteiger partial charge is 0.497 e. The number of methoxy groups -OCH3 is 1. The Morgan fingerprint density at radius 2 is 1.95 bits per heavy atom. The maximum absolute atomic E-state index is 5.82. The Hall–Kier alpha value is -2.08. The van der Waals surface area contributed by atoms with Crippen LogP contribution in [0.15, 0.2) is 24.3 Å². The molecule has 1 heterocycles. The smallest absolute Gasteiger partial charge is 0.141 e. The first-order chi connectivity index (χ1) is 9.45. The van der Waals surface area contributed by atoms with Crippen LogP contribution in [-0.2, 0) is 7.05 Å². The second kappa shape index (κ2) is 5.50. The first-order valence-corrected chi connectivity index (χ1v) is 6.57. The van der Waals surface area contributed by atoms with Crippen LogP contribution in [0.4, 0.5) is 11.5 Å². The summed E-state index contributed by atoms with van der Waals surface area (Å²) >= 11 is 5.14. The minimum atomic E-state index is 0.353. The van der Waals surface area contributed by atoms with Crippen LogP contribution in [0.25, 0.3) is 0 Å². The van der Waals surface area contributed by atoms with Gasteiger partial charge < -0.3 is 15.4 Å². The molecule has 0 aliphatic carbocycles. The number of anilines is 2. The monoisotopic (exact) mass is 290 g/mol. The van der Waals surface area contributed by atoms with E-state index < -0.39 is 0 Å². The molecule has 0 fully saturated rings. The number of thiocarbonyl (C=S) groups is 1. The summed E-state index contributed by atoms with van der Waals surface area (Å²) in [6.45, 7) is 1.90. The lowest BCUT2D eigenvalue weighted by Gasteiger charge is -2.21. The Kier molecular flexibility index (Phi) is 3.94. The van der Waals surface area contributed by atoms with Gasteiger partial charge in [-0.2, -0.15) is 5.10 Å². The van der Waals surface area contributed by atoms with E-state index in [0.29, 0.717) is 4.99 Å². The SMILES string of the molecule is COc1ccc(N(C)c2c(C(N)=S)c(C)nn2C)cc1. The Morgan fingerprint density at radius 1 is 1.35 bits per heavy atom. The molecule has 0 bridgehead atoms. The highest BCUT2D eigenvalue weighted by Gasteiger charge is 2.19. The number of hydrogen-bond acceptors (Lipinski definition) is 4. The van der Waals surface area contributed by atoms with Gasteiger partial charge in [-0.15, -0.1) is 0 Å². The van der Waals surface area contributed by atoms with Gasteiger partial charge in [0.1, 0.15) is 16.6 Å². The molecule has 0 saturated heterocycles. The molecule has 1 aromatic carbocycles. The number of aromatic nitrogens is 2. The van der Waals surface area contributed by atoms with Gasteiger partial charge in [-0.05, 0) is 31.2 Å². The molecule has 0 aliphatic heterocycles. The van der Waals surface area contributed by atoms with Gasteiger partial charge in [-0.25, -0.2) is 0 Å². The third-order valence-corrected chi connectivity index (χ3v) is 3.42. The number of rotatable bonds is 4. The highest BCUT2D eigenvalue weighted by molar-refractivity contribution is 7.80. The Labute approximate surface area is 123 Å². The Morgan fingerprint density at radius 3 is 2.45 bits per heavy atom.